The molecule has 1 aromatic rings. The molecule has 0 bridgehead atoms. The molecule has 1 amide bonds. The highest BCUT2D eigenvalue weighted by Crippen LogP contribution is 2.34. The molecule has 0 aliphatic heterocycles. The molecule has 1 aliphatic rings. The number of carbonyl (C=O) groups excluding carboxylic acids is 1. The Balaban J connectivity index is 2.02. The van der Waals surface area contributed by atoms with E-state index in [1.807, 2.05) is 6.92 Å². The molecule has 3 N–H and O–H groups in total. The number of nitrogens with one attached hydrogen (secondary N) is 1. The first kappa shape index (κ1) is 13.3. The molecule has 18 heavy (non-hydrogen) atoms. The summed E-state index contributed by atoms with van der Waals surface area (Å²) in [5, 5.41) is 3.60. The number of rotatable bonds is 3. The molecule has 0 radical (unpaired) electrons. The average Bonchev–Trinajstić information content (AvgIpc) is 2.83. The number of anilines is 1. The molecule has 0 aromatic carbocycles. The molecule has 3 atom stereocenters. The van der Waals surface area contributed by atoms with Gasteiger partial charge >= 0.3 is 0 Å². The highest BCUT2D eigenvalue weighted by molar-refractivity contribution is 7.17. The van der Waals surface area contributed by atoms with Gasteiger partial charge in [0.1, 0.15) is 4.88 Å². The van der Waals surface area contributed by atoms with Crippen LogP contribution in [0.4, 0.5) is 5.13 Å². The summed E-state index contributed by atoms with van der Waals surface area (Å²) in [6.45, 7) is 6.29. The Bertz CT molecular complexity index is 443. The van der Waals surface area contributed by atoms with Crippen LogP contribution in [-0.2, 0) is 0 Å². The quantitative estimate of drug-likeness (QED) is 0.884. The van der Waals surface area contributed by atoms with Crippen molar-refractivity contribution in [2.24, 2.45) is 11.8 Å². The van der Waals surface area contributed by atoms with Crippen molar-refractivity contribution in [2.45, 2.75) is 46.1 Å². The number of hydrogen-bond donors (Lipinski definition) is 2. The second kappa shape index (κ2) is 5.26. The third-order valence-corrected chi connectivity index (χ3v) is 5.07. The molecular formula is C13H21N3OS. The van der Waals surface area contributed by atoms with Crippen molar-refractivity contribution < 1.29 is 4.79 Å². The SMILES string of the molecule is CCC1CCC(NC(=O)c2sc(N)nc2C)C1C. The van der Waals surface area contributed by atoms with Gasteiger partial charge in [0.15, 0.2) is 5.13 Å². The molecule has 5 heteroatoms. The minimum absolute atomic E-state index is 0.0182. The first-order chi connectivity index (χ1) is 8.52. The van der Waals surface area contributed by atoms with Crippen LogP contribution in [0.25, 0.3) is 0 Å². The van der Waals surface area contributed by atoms with Crippen LogP contribution in [0.5, 0.6) is 0 Å². The van der Waals surface area contributed by atoms with E-state index in [1.54, 1.807) is 0 Å². The topological polar surface area (TPSA) is 68.0 Å². The zero-order chi connectivity index (χ0) is 13.3. The second-order valence-corrected chi connectivity index (χ2v) is 6.18. The standard InChI is InChI=1S/C13H21N3OS/c1-4-9-5-6-10(7(9)2)16-12(17)11-8(3)15-13(14)18-11/h7,9-10H,4-6H2,1-3H3,(H2,14,15)(H,16,17). The first-order valence-corrected chi connectivity index (χ1v) is 7.38. The molecule has 3 unspecified atom stereocenters. The van der Waals surface area contributed by atoms with Crippen molar-refractivity contribution in [3.05, 3.63) is 10.6 Å². The van der Waals surface area contributed by atoms with Crippen LogP contribution in [0.2, 0.25) is 0 Å². The fourth-order valence-electron chi connectivity index (χ4n) is 2.89. The number of aryl methyl sites for hydroxylation is 1. The van der Waals surface area contributed by atoms with E-state index in [9.17, 15) is 4.79 Å². The van der Waals surface area contributed by atoms with Crippen molar-refractivity contribution in [1.82, 2.24) is 10.3 Å². The van der Waals surface area contributed by atoms with Gasteiger partial charge in [-0.3, -0.25) is 4.79 Å². The molecule has 100 valence electrons. The number of amides is 1. The molecular weight excluding hydrogens is 246 g/mol. The van der Waals surface area contributed by atoms with Gasteiger partial charge in [-0.05, 0) is 31.6 Å². The summed E-state index contributed by atoms with van der Waals surface area (Å²) in [6, 6.07) is 0.296. The normalized spacial score (nSPS) is 27.4. The first-order valence-electron chi connectivity index (χ1n) is 6.56. The van der Waals surface area contributed by atoms with Gasteiger partial charge in [0.05, 0.1) is 5.69 Å². The zero-order valence-electron chi connectivity index (χ0n) is 11.2. The van der Waals surface area contributed by atoms with Crippen LogP contribution in [-0.4, -0.2) is 16.9 Å². The molecule has 1 aromatic heterocycles. The Kier molecular flexibility index (Phi) is 3.90. The van der Waals surface area contributed by atoms with Crippen molar-refractivity contribution in [3.63, 3.8) is 0 Å². The molecule has 0 spiro atoms. The Morgan fingerprint density at radius 2 is 2.28 bits per heavy atom. The van der Waals surface area contributed by atoms with E-state index < -0.39 is 0 Å². The zero-order valence-corrected chi connectivity index (χ0v) is 12.0. The molecule has 1 saturated carbocycles. The predicted octanol–water partition coefficient (Wildman–Crippen LogP) is 2.59. The van der Waals surface area contributed by atoms with Crippen LogP contribution >= 0.6 is 11.3 Å². The number of hydrogen-bond acceptors (Lipinski definition) is 4. The van der Waals surface area contributed by atoms with Crippen molar-refractivity contribution >= 4 is 22.4 Å². The molecule has 0 saturated heterocycles. The third kappa shape index (κ3) is 2.51. The van der Waals surface area contributed by atoms with E-state index in [2.05, 4.69) is 24.1 Å². The minimum Gasteiger partial charge on any atom is -0.375 e. The van der Waals surface area contributed by atoms with E-state index in [4.69, 9.17) is 5.73 Å². The summed E-state index contributed by atoms with van der Waals surface area (Å²) in [5.41, 5.74) is 6.35. The molecule has 4 nitrogen and oxygen atoms in total. The largest absolute Gasteiger partial charge is 0.375 e. The lowest BCUT2D eigenvalue weighted by atomic mass is 9.93. The highest BCUT2D eigenvalue weighted by atomic mass is 32.1. The van der Waals surface area contributed by atoms with Crippen LogP contribution in [0.3, 0.4) is 0 Å². The lowest BCUT2D eigenvalue weighted by Gasteiger charge is -2.20. The fraction of sp³-hybridized carbons (Fsp3) is 0.692. The molecule has 2 rings (SSSR count). The number of aromatic nitrogens is 1. The Labute approximate surface area is 112 Å². The maximum absolute atomic E-state index is 12.2. The summed E-state index contributed by atoms with van der Waals surface area (Å²) >= 11 is 1.27. The number of thiazole rings is 1. The van der Waals surface area contributed by atoms with Gasteiger partial charge in [-0.25, -0.2) is 4.98 Å². The maximum Gasteiger partial charge on any atom is 0.263 e. The molecule has 1 fully saturated rings. The Morgan fingerprint density at radius 1 is 1.56 bits per heavy atom. The second-order valence-electron chi connectivity index (χ2n) is 5.15. The number of nitrogens with zero attached hydrogens (tertiary/aromatic N) is 1. The summed E-state index contributed by atoms with van der Waals surface area (Å²) < 4.78 is 0. The van der Waals surface area contributed by atoms with Gasteiger partial charge in [-0.15, -0.1) is 0 Å². The van der Waals surface area contributed by atoms with Crippen molar-refractivity contribution in [3.8, 4) is 0 Å². The summed E-state index contributed by atoms with van der Waals surface area (Å²) in [6.07, 6.45) is 3.49. The van der Waals surface area contributed by atoms with Crippen LogP contribution in [0.1, 0.15) is 48.5 Å². The third-order valence-electron chi connectivity index (χ3n) is 4.09. The highest BCUT2D eigenvalue weighted by Gasteiger charge is 2.33. The van der Waals surface area contributed by atoms with Crippen LogP contribution < -0.4 is 11.1 Å². The predicted molar refractivity (Wildman–Crippen MR) is 74.7 cm³/mol. The van der Waals surface area contributed by atoms with Gasteiger partial charge in [-0.1, -0.05) is 31.6 Å². The van der Waals surface area contributed by atoms with Crippen LogP contribution in [0.15, 0.2) is 0 Å². The summed E-state index contributed by atoms with van der Waals surface area (Å²) in [4.78, 5) is 16.9. The van der Waals surface area contributed by atoms with Gasteiger partial charge in [0.2, 0.25) is 0 Å². The smallest absolute Gasteiger partial charge is 0.263 e. The van der Waals surface area contributed by atoms with E-state index in [0.717, 1.165) is 18.0 Å². The maximum atomic E-state index is 12.2. The monoisotopic (exact) mass is 267 g/mol. The summed E-state index contributed by atoms with van der Waals surface area (Å²) in [7, 11) is 0. The average molecular weight is 267 g/mol. The summed E-state index contributed by atoms with van der Waals surface area (Å²) in [5.74, 6) is 1.28. The Morgan fingerprint density at radius 3 is 2.78 bits per heavy atom. The van der Waals surface area contributed by atoms with E-state index in [1.165, 1.54) is 24.2 Å². The Hall–Kier alpha value is -1.10. The van der Waals surface area contributed by atoms with E-state index in [0.29, 0.717) is 22.0 Å². The van der Waals surface area contributed by atoms with E-state index >= 15 is 0 Å². The van der Waals surface area contributed by atoms with Crippen LogP contribution in [0, 0.1) is 18.8 Å². The lowest BCUT2D eigenvalue weighted by Crippen LogP contribution is -2.37. The lowest BCUT2D eigenvalue weighted by molar-refractivity contribution is 0.0930. The van der Waals surface area contributed by atoms with Crippen molar-refractivity contribution in [1.29, 1.82) is 0 Å². The van der Waals surface area contributed by atoms with Gasteiger partial charge in [0.25, 0.3) is 5.91 Å². The van der Waals surface area contributed by atoms with E-state index in [-0.39, 0.29) is 5.91 Å². The number of carbonyl (C=O) groups is 1. The van der Waals surface area contributed by atoms with Gasteiger partial charge in [0, 0.05) is 6.04 Å². The van der Waals surface area contributed by atoms with Gasteiger partial charge in [-0.2, -0.15) is 0 Å². The molecule has 1 aliphatic carbocycles. The fourth-order valence-corrected chi connectivity index (χ4v) is 3.63. The minimum atomic E-state index is -0.0182. The van der Waals surface area contributed by atoms with Crippen molar-refractivity contribution in [2.75, 3.05) is 5.73 Å². The molecule has 1 heterocycles. The number of nitrogens with two attached hydrogens (primary N) is 1. The number of nitrogen functional groups attached to an aromatic ring is 1. The van der Waals surface area contributed by atoms with Gasteiger partial charge < -0.3 is 11.1 Å².